The first-order valence-electron chi connectivity index (χ1n) is 12.2. The van der Waals surface area contributed by atoms with Crippen LogP contribution in [0, 0.1) is 0 Å². The van der Waals surface area contributed by atoms with Crippen LogP contribution in [0.2, 0.25) is 0 Å². The highest BCUT2D eigenvalue weighted by atomic mass is 16.5. The number of amides is 8. The summed E-state index contributed by atoms with van der Waals surface area (Å²) in [6.07, 6.45) is -0.493. The Bertz CT molecular complexity index is 1200. The second kappa shape index (κ2) is 12.7. The zero-order valence-corrected chi connectivity index (χ0v) is 21.4. The molecule has 2 aliphatic heterocycles. The van der Waals surface area contributed by atoms with Gasteiger partial charge in [0.15, 0.2) is 0 Å². The Kier molecular flexibility index (Phi) is 9.44. The topological polar surface area (TPSA) is 142 Å². The van der Waals surface area contributed by atoms with Crippen molar-refractivity contribution in [2.24, 2.45) is 0 Å². The number of nitrogens with zero attached hydrogens (tertiary/aromatic N) is 2. The number of carbonyl (C=O) groups is 6. The van der Waals surface area contributed by atoms with E-state index in [1.165, 1.54) is 0 Å². The molecule has 38 heavy (non-hydrogen) atoms. The molecule has 4 rings (SSSR count). The first kappa shape index (κ1) is 28.2. The summed E-state index contributed by atoms with van der Waals surface area (Å²) in [5, 5.41) is 4.36. The highest BCUT2D eigenvalue weighted by Crippen LogP contribution is 2.23. The fourth-order valence-electron chi connectivity index (χ4n) is 3.91. The Labute approximate surface area is 220 Å². The third-order valence-corrected chi connectivity index (χ3v) is 5.72. The lowest BCUT2D eigenvalue weighted by Crippen LogP contribution is -2.63. The molecular formula is C27H30N4O7. The number of hydrogen-bond acceptors (Lipinski definition) is 7. The van der Waals surface area contributed by atoms with Crippen molar-refractivity contribution in [1.29, 1.82) is 0 Å². The summed E-state index contributed by atoms with van der Waals surface area (Å²) >= 11 is 0. The monoisotopic (exact) mass is 522 g/mol. The number of ether oxygens (including phenoxy) is 1. The van der Waals surface area contributed by atoms with E-state index in [9.17, 15) is 28.8 Å². The van der Waals surface area contributed by atoms with Gasteiger partial charge in [-0.15, -0.1) is 0 Å². The van der Waals surface area contributed by atoms with Crippen molar-refractivity contribution in [3.05, 3.63) is 71.8 Å². The number of barbiturate groups is 2. The van der Waals surface area contributed by atoms with E-state index < -0.39 is 47.7 Å². The number of hydrogen-bond donors (Lipinski definition) is 2. The normalized spacial score (nSPS) is 19.7. The SMILES string of the molecule is CCCOC1C(=O)NC(=O)N(C(C)C)C1=O.O=C1NC(=O)N(Cc2ccccc2)C(=O)C1c1ccccc1. The van der Waals surface area contributed by atoms with Gasteiger partial charge < -0.3 is 4.74 Å². The lowest BCUT2D eigenvalue weighted by Gasteiger charge is -2.32. The molecule has 0 aliphatic carbocycles. The molecule has 2 aromatic carbocycles. The number of rotatable bonds is 7. The molecule has 0 radical (unpaired) electrons. The molecule has 0 bridgehead atoms. The molecule has 8 amide bonds. The van der Waals surface area contributed by atoms with E-state index in [0.717, 1.165) is 15.4 Å². The van der Waals surface area contributed by atoms with E-state index in [-0.39, 0.29) is 12.6 Å². The van der Waals surface area contributed by atoms with Gasteiger partial charge in [0.1, 0.15) is 5.92 Å². The molecule has 2 heterocycles. The minimum Gasteiger partial charge on any atom is -0.359 e. The van der Waals surface area contributed by atoms with E-state index in [2.05, 4.69) is 10.6 Å². The average Bonchev–Trinajstić information content (AvgIpc) is 2.87. The van der Waals surface area contributed by atoms with Crippen molar-refractivity contribution in [3.8, 4) is 0 Å². The number of carbonyl (C=O) groups excluding carboxylic acids is 6. The smallest absolute Gasteiger partial charge is 0.331 e. The lowest BCUT2D eigenvalue weighted by molar-refractivity contribution is -0.154. The second-order valence-electron chi connectivity index (χ2n) is 8.90. The maximum atomic E-state index is 12.6. The maximum absolute atomic E-state index is 12.6. The summed E-state index contributed by atoms with van der Waals surface area (Å²) in [7, 11) is 0. The molecule has 2 atom stereocenters. The van der Waals surface area contributed by atoms with E-state index in [0.29, 0.717) is 18.6 Å². The minimum atomic E-state index is -1.19. The van der Waals surface area contributed by atoms with Gasteiger partial charge in [0.2, 0.25) is 17.9 Å². The number of urea groups is 2. The Morgan fingerprint density at radius 2 is 1.37 bits per heavy atom. The molecule has 2 fully saturated rings. The third-order valence-electron chi connectivity index (χ3n) is 5.72. The summed E-state index contributed by atoms with van der Waals surface area (Å²) in [4.78, 5) is 73.3. The van der Waals surface area contributed by atoms with Gasteiger partial charge in [-0.3, -0.25) is 39.6 Å². The van der Waals surface area contributed by atoms with Crippen LogP contribution >= 0.6 is 0 Å². The number of imide groups is 4. The van der Waals surface area contributed by atoms with Gasteiger partial charge >= 0.3 is 12.1 Å². The van der Waals surface area contributed by atoms with Crippen LogP contribution < -0.4 is 10.6 Å². The van der Waals surface area contributed by atoms with Crippen molar-refractivity contribution in [3.63, 3.8) is 0 Å². The number of benzene rings is 2. The van der Waals surface area contributed by atoms with Crippen LogP contribution in [0.5, 0.6) is 0 Å². The van der Waals surface area contributed by atoms with Crippen LogP contribution in [0.3, 0.4) is 0 Å². The molecule has 2 aromatic rings. The highest BCUT2D eigenvalue weighted by Gasteiger charge is 2.42. The van der Waals surface area contributed by atoms with Crippen molar-refractivity contribution < 1.29 is 33.5 Å². The molecule has 2 N–H and O–H groups in total. The van der Waals surface area contributed by atoms with Gasteiger partial charge in [-0.1, -0.05) is 67.6 Å². The predicted molar refractivity (Wildman–Crippen MR) is 135 cm³/mol. The molecule has 0 aromatic heterocycles. The summed E-state index contributed by atoms with van der Waals surface area (Å²) in [5.41, 5.74) is 1.41. The van der Waals surface area contributed by atoms with Gasteiger partial charge in [0, 0.05) is 12.6 Å². The molecule has 2 saturated heterocycles. The maximum Gasteiger partial charge on any atom is 0.331 e. The largest absolute Gasteiger partial charge is 0.359 e. The van der Waals surface area contributed by atoms with Crippen LogP contribution in [0.25, 0.3) is 0 Å². The van der Waals surface area contributed by atoms with Gasteiger partial charge in [-0.25, -0.2) is 9.59 Å². The molecule has 11 nitrogen and oxygen atoms in total. The predicted octanol–water partition coefficient (Wildman–Crippen LogP) is 2.32. The fraction of sp³-hybridized carbons (Fsp3) is 0.333. The van der Waals surface area contributed by atoms with Crippen molar-refractivity contribution in [2.45, 2.75) is 51.8 Å². The molecule has 2 unspecified atom stereocenters. The van der Waals surface area contributed by atoms with E-state index in [1.54, 1.807) is 38.1 Å². The number of nitrogens with one attached hydrogen (secondary N) is 2. The Balaban J connectivity index is 0.000000223. The molecule has 200 valence electrons. The molecule has 11 heteroatoms. The summed E-state index contributed by atoms with van der Waals surface area (Å²) in [5.74, 6) is -3.32. The van der Waals surface area contributed by atoms with Crippen LogP contribution in [0.4, 0.5) is 9.59 Å². The molecule has 0 spiro atoms. The van der Waals surface area contributed by atoms with Gasteiger partial charge in [0.05, 0.1) is 6.54 Å². The van der Waals surface area contributed by atoms with Crippen molar-refractivity contribution in [2.75, 3.05) is 6.61 Å². The van der Waals surface area contributed by atoms with Crippen LogP contribution in [-0.4, -0.2) is 64.2 Å². The van der Waals surface area contributed by atoms with E-state index in [1.807, 2.05) is 43.3 Å². The Morgan fingerprint density at radius 1 is 0.789 bits per heavy atom. The Hall–Kier alpha value is -4.38. The average molecular weight is 523 g/mol. The quantitative estimate of drug-likeness (QED) is 0.532. The van der Waals surface area contributed by atoms with E-state index >= 15 is 0 Å². The Morgan fingerprint density at radius 3 is 1.95 bits per heavy atom. The molecule has 0 saturated carbocycles. The third kappa shape index (κ3) is 6.48. The van der Waals surface area contributed by atoms with E-state index in [4.69, 9.17) is 4.74 Å². The second-order valence-corrected chi connectivity index (χ2v) is 8.90. The zero-order chi connectivity index (χ0) is 27.8. The standard InChI is InChI=1S/C17H14N2O3.C10H16N2O4/c20-15-14(13-9-5-2-6-10-13)16(21)19(17(22)18-15)11-12-7-3-1-4-8-12;1-4-5-16-7-8(13)11-10(15)12(6(2)3)9(7)14/h1-10,14H,11H2,(H,18,20,22);6-7H,4-5H2,1-3H3,(H,11,13,15). The summed E-state index contributed by atoms with van der Waals surface area (Å²) in [6, 6.07) is 16.3. The van der Waals surface area contributed by atoms with Crippen LogP contribution in [0.15, 0.2) is 60.7 Å². The van der Waals surface area contributed by atoms with Crippen molar-refractivity contribution >= 4 is 35.7 Å². The summed E-state index contributed by atoms with van der Waals surface area (Å²) in [6.45, 7) is 5.72. The van der Waals surface area contributed by atoms with Gasteiger partial charge in [0.25, 0.3) is 11.8 Å². The fourth-order valence-corrected chi connectivity index (χ4v) is 3.91. The molecular weight excluding hydrogens is 492 g/mol. The zero-order valence-electron chi connectivity index (χ0n) is 21.4. The van der Waals surface area contributed by atoms with Crippen LogP contribution in [0.1, 0.15) is 44.2 Å². The first-order valence-corrected chi connectivity index (χ1v) is 12.2. The van der Waals surface area contributed by atoms with Crippen LogP contribution in [-0.2, 0) is 30.5 Å². The van der Waals surface area contributed by atoms with Crippen molar-refractivity contribution in [1.82, 2.24) is 20.4 Å². The van der Waals surface area contributed by atoms with Gasteiger partial charge in [-0.05, 0) is 31.4 Å². The van der Waals surface area contributed by atoms with Gasteiger partial charge in [-0.2, -0.15) is 0 Å². The molecule has 2 aliphatic rings. The minimum absolute atomic E-state index is 0.141. The lowest BCUT2D eigenvalue weighted by atomic mass is 9.95. The first-order chi connectivity index (χ1) is 18.1. The highest BCUT2D eigenvalue weighted by molar-refractivity contribution is 6.19. The summed E-state index contributed by atoms with van der Waals surface area (Å²) < 4.78 is 5.13.